The van der Waals surface area contributed by atoms with Crippen molar-refractivity contribution in [3.05, 3.63) is 0 Å². The van der Waals surface area contributed by atoms with E-state index in [-0.39, 0.29) is 11.9 Å². The first-order chi connectivity index (χ1) is 8.24. The highest BCUT2D eigenvalue weighted by Crippen LogP contribution is 2.20. The molecule has 0 saturated carbocycles. The summed E-state index contributed by atoms with van der Waals surface area (Å²) in [4.78, 5) is 11.3. The second-order valence-electron chi connectivity index (χ2n) is 4.66. The first kappa shape index (κ1) is 14.5. The monoisotopic (exact) mass is 244 g/mol. The van der Waals surface area contributed by atoms with Crippen molar-refractivity contribution >= 4 is 5.97 Å². The number of rotatable bonds is 7. The first-order valence-corrected chi connectivity index (χ1v) is 6.65. The molecule has 2 unspecified atom stereocenters. The third kappa shape index (κ3) is 6.03. The quantitative estimate of drug-likeness (QED) is 0.549. The minimum absolute atomic E-state index is 0.187. The van der Waals surface area contributed by atoms with Crippen molar-refractivity contribution in [3.63, 3.8) is 0 Å². The molecule has 1 heterocycles. The van der Waals surface area contributed by atoms with Crippen molar-refractivity contribution in [2.45, 2.75) is 51.6 Å². The Balaban J connectivity index is 2.09. The Labute approximate surface area is 103 Å². The molecule has 4 nitrogen and oxygen atoms in total. The van der Waals surface area contributed by atoms with E-state index in [9.17, 15) is 9.90 Å². The smallest absolute Gasteiger partial charge is 0.305 e. The number of esters is 1. The Bertz CT molecular complexity index is 211. The van der Waals surface area contributed by atoms with Gasteiger partial charge >= 0.3 is 5.97 Å². The third-order valence-electron chi connectivity index (χ3n) is 3.14. The van der Waals surface area contributed by atoms with Crippen LogP contribution in [-0.2, 0) is 14.3 Å². The van der Waals surface area contributed by atoms with E-state index in [1.807, 2.05) is 0 Å². The zero-order chi connectivity index (χ0) is 12.5. The molecule has 0 aromatic rings. The summed E-state index contributed by atoms with van der Waals surface area (Å²) in [5.74, 6) is -0.0126. The largest absolute Gasteiger partial charge is 0.466 e. The zero-order valence-corrected chi connectivity index (χ0v) is 10.7. The van der Waals surface area contributed by atoms with E-state index in [2.05, 4.69) is 6.92 Å². The van der Waals surface area contributed by atoms with Crippen LogP contribution in [0.25, 0.3) is 0 Å². The lowest BCUT2D eigenvalue weighted by Crippen LogP contribution is -2.29. The molecule has 1 aliphatic rings. The predicted molar refractivity (Wildman–Crippen MR) is 64.7 cm³/mol. The molecule has 0 aromatic carbocycles. The van der Waals surface area contributed by atoms with Crippen molar-refractivity contribution < 1.29 is 19.4 Å². The van der Waals surface area contributed by atoms with Gasteiger partial charge in [0, 0.05) is 18.9 Å². The molecule has 1 rings (SSSR count). The van der Waals surface area contributed by atoms with Crippen LogP contribution in [0.4, 0.5) is 0 Å². The second-order valence-corrected chi connectivity index (χ2v) is 4.66. The van der Waals surface area contributed by atoms with Gasteiger partial charge in [0.05, 0.1) is 19.3 Å². The molecule has 0 radical (unpaired) electrons. The van der Waals surface area contributed by atoms with Crippen molar-refractivity contribution in [2.75, 3.05) is 19.8 Å². The number of carbonyl (C=O) groups excluding carboxylic acids is 1. The summed E-state index contributed by atoms with van der Waals surface area (Å²) >= 11 is 0. The van der Waals surface area contributed by atoms with Crippen LogP contribution in [0.15, 0.2) is 0 Å². The van der Waals surface area contributed by atoms with E-state index in [0.717, 1.165) is 32.3 Å². The molecular weight excluding hydrogens is 220 g/mol. The van der Waals surface area contributed by atoms with Gasteiger partial charge in [-0.15, -0.1) is 0 Å². The van der Waals surface area contributed by atoms with E-state index >= 15 is 0 Å². The van der Waals surface area contributed by atoms with Crippen LogP contribution in [0.2, 0.25) is 0 Å². The van der Waals surface area contributed by atoms with Gasteiger partial charge in [0.15, 0.2) is 0 Å². The van der Waals surface area contributed by atoms with Crippen LogP contribution in [-0.4, -0.2) is 37.0 Å². The summed E-state index contributed by atoms with van der Waals surface area (Å²) in [6, 6.07) is 0. The van der Waals surface area contributed by atoms with Gasteiger partial charge in [-0.25, -0.2) is 0 Å². The Kier molecular flexibility index (Phi) is 7.21. The van der Waals surface area contributed by atoms with E-state index in [1.165, 1.54) is 0 Å². The number of aliphatic hydroxyl groups is 1. The van der Waals surface area contributed by atoms with Crippen LogP contribution >= 0.6 is 0 Å². The summed E-state index contributed by atoms with van der Waals surface area (Å²) in [5.41, 5.74) is 0. The predicted octanol–water partition coefficient (Wildman–Crippen LogP) is 1.90. The summed E-state index contributed by atoms with van der Waals surface area (Å²) in [6.07, 6.45) is 4.28. The van der Waals surface area contributed by atoms with Gasteiger partial charge in [-0.2, -0.15) is 0 Å². The molecule has 100 valence electrons. The SMILES string of the molecule is CCCCOC(=O)CCC(O)C1CCCOC1. The number of unbranched alkanes of at least 4 members (excludes halogenated alkanes) is 1. The van der Waals surface area contributed by atoms with E-state index in [4.69, 9.17) is 9.47 Å². The molecular formula is C13H24O4. The van der Waals surface area contributed by atoms with Gasteiger partial charge in [0.1, 0.15) is 0 Å². The highest BCUT2D eigenvalue weighted by atomic mass is 16.5. The van der Waals surface area contributed by atoms with Gasteiger partial charge < -0.3 is 14.6 Å². The molecule has 0 amide bonds. The van der Waals surface area contributed by atoms with Crippen molar-refractivity contribution in [3.8, 4) is 0 Å². The Hall–Kier alpha value is -0.610. The maximum absolute atomic E-state index is 11.3. The number of hydrogen-bond acceptors (Lipinski definition) is 4. The highest BCUT2D eigenvalue weighted by molar-refractivity contribution is 5.69. The topological polar surface area (TPSA) is 55.8 Å². The Morgan fingerprint density at radius 3 is 3.06 bits per heavy atom. The van der Waals surface area contributed by atoms with Gasteiger partial charge in [-0.3, -0.25) is 4.79 Å². The number of hydrogen-bond donors (Lipinski definition) is 1. The zero-order valence-electron chi connectivity index (χ0n) is 10.7. The number of carbonyl (C=O) groups is 1. The van der Waals surface area contributed by atoms with E-state index < -0.39 is 6.10 Å². The fraction of sp³-hybridized carbons (Fsp3) is 0.923. The molecule has 17 heavy (non-hydrogen) atoms. The molecule has 0 aromatic heterocycles. The Morgan fingerprint density at radius 2 is 2.41 bits per heavy atom. The lowest BCUT2D eigenvalue weighted by atomic mass is 9.93. The lowest BCUT2D eigenvalue weighted by Gasteiger charge is -2.26. The average molecular weight is 244 g/mol. The molecule has 1 aliphatic heterocycles. The minimum Gasteiger partial charge on any atom is -0.466 e. The molecule has 0 aliphatic carbocycles. The summed E-state index contributed by atoms with van der Waals surface area (Å²) < 4.78 is 10.4. The maximum Gasteiger partial charge on any atom is 0.305 e. The number of ether oxygens (including phenoxy) is 2. The summed E-state index contributed by atoms with van der Waals surface area (Å²) in [7, 11) is 0. The van der Waals surface area contributed by atoms with Crippen LogP contribution in [0.5, 0.6) is 0 Å². The lowest BCUT2D eigenvalue weighted by molar-refractivity contribution is -0.144. The van der Waals surface area contributed by atoms with Gasteiger partial charge in [-0.1, -0.05) is 13.3 Å². The van der Waals surface area contributed by atoms with Crippen molar-refractivity contribution in [1.29, 1.82) is 0 Å². The fourth-order valence-corrected chi connectivity index (χ4v) is 1.97. The van der Waals surface area contributed by atoms with Gasteiger partial charge in [0.2, 0.25) is 0 Å². The normalized spacial score (nSPS) is 22.1. The summed E-state index contributed by atoms with van der Waals surface area (Å²) in [5, 5.41) is 9.91. The van der Waals surface area contributed by atoms with Crippen LogP contribution in [0.1, 0.15) is 45.4 Å². The van der Waals surface area contributed by atoms with Crippen molar-refractivity contribution in [2.24, 2.45) is 5.92 Å². The number of aliphatic hydroxyl groups excluding tert-OH is 1. The first-order valence-electron chi connectivity index (χ1n) is 6.65. The fourth-order valence-electron chi connectivity index (χ4n) is 1.97. The van der Waals surface area contributed by atoms with E-state index in [1.54, 1.807) is 0 Å². The van der Waals surface area contributed by atoms with Gasteiger partial charge in [-0.05, 0) is 25.7 Å². The van der Waals surface area contributed by atoms with Crippen molar-refractivity contribution in [1.82, 2.24) is 0 Å². The molecule has 0 spiro atoms. The summed E-state index contributed by atoms with van der Waals surface area (Å²) in [6.45, 7) is 3.97. The Morgan fingerprint density at radius 1 is 1.59 bits per heavy atom. The molecule has 0 bridgehead atoms. The van der Waals surface area contributed by atoms with Crippen LogP contribution in [0.3, 0.4) is 0 Å². The highest BCUT2D eigenvalue weighted by Gasteiger charge is 2.22. The van der Waals surface area contributed by atoms with E-state index in [0.29, 0.717) is 26.1 Å². The molecule has 1 N–H and O–H groups in total. The minimum atomic E-state index is -0.436. The second kappa shape index (κ2) is 8.48. The van der Waals surface area contributed by atoms with Crippen LogP contribution < -0.4 is 0 Å². The maximum atomic E-state index is 11.3. The molecule has 4 heteroatoms. The standard InChI is InChI=1S/C13H24O4/c1-2-3-9-17-13(15)7-6-12(14)11-5-4-8-16-10-11/h11-12,14H,2-10H2,1H3. The average Bonchev–Trinajstić information content (AvgIpc) is 2.37. The molecule has 2 atom stereocenters. The third-order valence-corrected chi connectivity index (χ3v) is 3.14. The molecule has 1 saturated heterocycles. The van der Waals surface area contributed by atoms with Gasteiger partial charge in [0.25, 0.3) is 0 Å². The van der Waals surface area contributed by atoms with Crippen LogP contribution in [0, 0.1) is 5.92 Å². The molecule has 1 fully saturated rings.